The maximum atomic E-state index is 10.4. The topological polar surface area (TPSA) is 104 Å². The summed E-state index contributed by atoms with van der Waals surface area (Å²) < 4.78 is 13.2. The highest BCUT2D eigenvalue weighted by atomic mass is 31.2. The molecule has 0 heterocycles. The molecule has 0 bridgehead atoms. The van der Waals surface area contributed by atoms with Crippen LogP contribution in [-0.4, -0.2) is 27.8 Å². The molecule has 3 N–H and O–H groups in total. The van der Waals surface area contributed by atoms with Crippen LogP contribution in [0.5, 0.6) is 0 Å². The molecular formula is C6H13O6P. The number of rotatable bonds is 2. The second-order valence-electron chi connectivity index (χ2n) is 1.96. The molecule has 0 aromatic rings. The second-order valence-corrected chi connectivity index (χ2v) is 2.99. The van der Waals surface area contributed by atoms with Gasteiger partial charge in [0.25, 0.3) is 0 Å². The Morgan fingerprint density at radius 3 is 1.85 bits per heavy atom. The second kappa shape index (κ2) is 6.80. The lowest BCUT2D eigenvalue weighted by Crippen LogP contribution is -2.01. The molecule has 0 atom stereocenters. The summed E-state index contributed by atoms with van der Waals surface area (Å²) in [5.41, 5.74) is 0.521. The Morgan fingerprint density at radius 1 is 1.46 bits per heavy atom. The van der Waals surface area contributed by atoms with Gasteiger partial charge in [0.05, 0.1) is 7.11 Å². The Bertz CT molecular complexity index is 195. The van der Waals surface area contributed by atoms with Crippen molar-refractivity contribution < 1.29 is 28.8 Å². The van der Waals surface area contributed by atoms with Gasteiger partial charge in [-0.15, -0.1) is 0 Å². The first-order valence-electron chi connectivity index (χ1n) is 3.26. The molecule has 0 spiro atoms. The van der Waals surface area contributed by atoms with Gasteiger partial charge in [-0.05, 0) is 6.42 Å². The molecule has 0 rings (SSSR count). The standard InChI is InChI=1S/C6H10O2.H3O4P/c1-4-5(2)6(7)8-3;1-5(2,3)4/h2,4H2,1,3H3;(H3,1,2,3,4). The Labute approximate surface area is 76.1 Å². The molecule has 7 heteroatoms. The molecule has 78 valence electrons. The minimum atomic E-state index is -4.64. The van der Waals surface area contributed by atoms with E-state index in [1.165, 1.54) is 7.11 Å². The SMILES string of the molecule is C=C(CC)C(=O)OC.O=P(O)(O)O. The summed E-state index contributed by atoms with van der Waals surface area (Å²) in [6.07, 6.45) is 0.659. The summed E-state index contributed by atoms with van der Waals surface area (Å²) in [7, 11) is -3.29. The number of methoxy groups -OCH3 is 1. The third-order valence-electron chi connectivity index (χ3n) is 0.901. The zero-order valence-corrected chi connectivity index (χ0v) is 8.32. The van der Waals surface area contributed by atoms with Gasteiger partial charge in [-0.3, -0.25) is 0 Å². The van der Waals surface area contributed by atoms with Crippen LogP contribution in [0.25, 0.3) is 0 Å². The zero-order chi connectivity index (χ0) is 11.1. The van der Waals surface area contributed by atoms with E-state index in [-0.39, 0.29) is 5.97 Å². The fourth-order valence-corrected chi connectivity index (χ4v) is 0.289. The number of esters is 1. The predicted octanol–water partition coefficient (Wildman–Crippen LogP) is 0.197. The van der Waals surface area contributed by atoms with E-state index in [1.807, 2.05) is 6.92 Å². The van der Waals surface area contributed by atoms with Gasteiger partial charge in [-0.25, -0.2) is 9.36 Å². The minimum Gasteiger partial charge on any atom is -0.466 e. The first-order chi connectivity index (χ1) is 5.72. The summed E-state index contributed by atoms with van der Waals surface area (Å²) in [6, 6.07) is 0. The minimum absolute atomic E-state index is 0.312. The highest BCUT2D eigenvalue weighted by Crippen LogP contribution is 2.25. The van der Waals surface area contributed by atoms with Crippen LogP contribution >= 0.6 is 7.82 Å². The lowest BCUT2D eigenvalue weighted by molar-refractivity contribution is -0.136. The van der Waals surface area contributed by atoms with Crippen LogP contribution in [0.15, 0.2) is 12.2 Å². The van der Waals surface area contributed by atoms with Crippen molar-refractivity contribution >= 4 is 13.8 Å². The molecule has 0 amide bonds. The number of ether oxygens (including phenoxy) is 1. The summed E-state index contributed by atoms with van der Waals surface area (Å²) in [5.74, 6) is -0.312. The predicted molar refractivity (Wildman–Crippen MR) is 45.7 cm³/mol. The van der Waals surface area contributed by atoms with Crippen LogP contribution in [0.4, 0.5) is 0 Å². The van der Waals surface area contributed by atoms with Crippen LogP contribution in [0.1, 0.15) is 13.3 Å². The molecule has 13 heavy (non-hydrogen) atoms. The average Bonchev–Trinajstić information content (AvgIpc) is 1.98. The number of phosphoric acid groups is 1. The van der Waals surface area contributed by atoms with Crippen molar-refractivity contribution in [3.8, 4) is 0 Å². The van der Waals surface area contributed by atoms with Crippen LogP contribution in [-0.2, 0) is 14.1 Å². The Kier molecular flexibility index (Phi) is 7.75. The Hall–Kier alpha value is -0.680. The van der Waals surface area contributed by atoms with Crippen molar-refractivity contribution in [2.45, 2.75) is 13.3 Å². The molecule has 0 saturated carbocycles. The Balaban J connectivity index is 0. The first kappa shape index (κ1) is 14.8. The molecule has 0 unspecified atom stereocenters. The lowest BCUT2D eigenvalue weighted by atomic mass is 10.2. The van der Waals surface area contributed by atoms with Gasteiger partial charge in [0.1, 0.15) is 0 Å². The number of hydrogen-bond donors (Lipinski definition) is 3. The molecule has 6 nitrogen and oxygen atoms in total. The van der Waals surface area contributed by atoms with Gasteiger partial charge in [-0.2, -0.15) is 0 Å². The van der Waals surface area contributed by atoms with Crippen molar-refractivity contribution in [1.82, 2.24) is 0 Å². The Morgan fingerprint density at radius 2 is 1.77 bits per heavy atom. The third kappa shape index (κ3) is 18.4. The van der Waals surface area contributed by atoms with Crippen molar-refractivity contribution in [3.05, 3.63) is 12.2 Å². The van der Waals surface area contributed by atoms with E-state index in [4.69, 9.17) is 19.2 Å². The van der Waals surface area contributed by atoms with E-state index in [9.17, 15) is 4.79 Å². The summed E-state index contributed by atoms with van der Waals surface area (Å²) in [4.78, 5) is 32.0. The molecule has 0 fully saturated rings. The van der Waals surface area contributed by atoms with Crippen molar-refractivity contribution in [2.75, 3.05) is 7.11 Å². The van der Waals surface area contributed by atoms with E-state index in [0.29, 0.717) is 12.0 Å². The molecule has 0 aromatic heterocycles. The van der Waals surface area contributed by atoms with Gasteiger partial charge in [-0.1, -0.05) is 13.5 Å². The zero-order valence-electron chi connectivity index (χ0n) is 7.43. The van der Waals surface area contributed by atoms with Crippen LogP contribution in [0.2, 0.25) is 0 Å². The summed E-state index contributed by atoms with van der Waals surface area (Å²) in [6.45, 7) is 5.33. The molecular weight excluding hydrogens is 199 g/mol. The van der Waals surface area contributed by atoms with E-state index < -0.39 is 7.82 Å². The molecule has 0 aliphatic carbocycles. The number of carbonyl (C=O) groups excluding carboxylic acids is 1. The van der Waals surface area contributed by atoms with Crippen LogP contribution < -0.4 is 0 Å². The van der Waals surface area contributed by atoms with Crippen molar-refractivity contribution in [2.24, 2.45) is 0 Å². The number of carbonyl (C=O) groups is 1. The maximum absolute atomic E-state index is 10.4. The molecule has 0 radical (unpaired) electrons. The van der Waals surface area contributed by atoms with Gasteiger partial charge in [0, 0.05) is 5.57 Å². The van der Waals surface area contributed by atoms with Gasteiger partial charge in [0.15, 0.2) is 0 Å². The monoisotopic (exact) mass is 212 g/mol. The average molecular weight is 212 g/mol. The third-order valence-corrected chi connectivity index (χ3v) is 0.901. The quantitative estimate of drug-likeness (QED) is 0.343. The summed E-state index contributed by atoms with van der Waals surface area (Å²) in [5, 5.41) is 0. The number of hydrogen-bond acceptors (Lipinski definition) is 3. The lowest BCUT2D eigenvalue weighted by Gasteiger charge is -1.95. The molecule has 0 saturated heterocycles. The molecule has 0 aliphatic heterocycles. The van der Waals surface area contributed by atoms with E-state index in [0.717, 1.165) is 0 Å². The highest BCUT2D eigenvalue weighted by molar-refractivity contribution is 7.45. The van der Waals surface area contributed by atoms with Crippen LogP contribution in [0.3, 0.4) is 0 Å². The molecule has 0 aliphatic rings. The first-order valence-corrected chi connectivity index (χ1v) is 4.83. The fourth-order valence-electron chi connectivity index (χ4n) is 0.289. The smallest absolute Gasteiger partial charge is 0.466 e. The fraction of sp³-hybridized carbons (Fsp3) is 0.500. The van der Waals surface area contributed by atoms with Crippen LogP contribution in [0, 0.1) is 0 Å². The maximum Gasteiger partial charge on any atom is 0.466 e. The van der Waals surface area contributed by atoms with Crippen molar-refractivity contribution in [3.63, 3.8) is 0 Å². The van der Waals surface area contributed by atoms with Gasteiger partial charge >= 0.3 is 13.8 Å². The van der Waals surface area contributed by atoms with Gasteiger partial charge < -0.3 is 19.4 Å². The highest BCUT2D eigenvalue weighted by Gasteiger charge is 2.00. The normalized spacial score (nSPS) is 9.62. The largest absolute Gasteiger partial charge is 0.466 e. The van der Waals surface area contributed by atoms with E-state index in [2.05, 4.69) is 11.3 Å². The molecule has 0 aromatic carbocycles. The summed E-state index contributed by atoms with van der Waals surface area (Å²) >= 11 is 0. The van der Waals surface area contributed by atoms with E-state index >= 15 is 0 Å². The van der Waals surface area contributed by atoms with Gasteiger partial charge in [0.2, 0.25) is 0 Å². The van der Waals surface area contributed by atoms with E-state index in [1.54, 1.807) is 0 Å². The van der Waals surface area contributed by atoms with Crippen molar-refractivity contribution in [1.29, 1.82) is 0 Å².